The quantitative estimate of drug-likeness (QED) is 0.159. The van der Waals surface area contributed by atoms with Gasteiger partial charge in [0.2, 0.25) is 0 Å². The number of hydrogen-bond donors (Lipinski definition) is 0. The van der Waals surface area contributed by atoms with Crippen molar-refractivity contribution < 1.29 is 8.83 Å². The lowest BCUT2D eigenvalue weighted by molar-refractivity contribution is 0.668. The van der Waals surface area contributed by atoms with Crippen LogP contribution in [-0.2, 0) is 0 Å². The van der Waals surface area contributed by atoms with Gasteiger partial charge in [0, 0.05) is 49.2 Å². The molecule has 0 amide bonds. The van der Waals surface area contributed by atoms with Crippen molar-refractivity contribution >= 4 is 65.7 Å². The summed E-state index contributed by atoms with van der Waals surface area (Å²) in [7, 11) is 0. The molecule has 0 radical (unpaired) electrons. The second-order valence-electron chi connectivity index (χ2n) is 17.5. The molecular formula is C63H38N4O2. The first kappa shape index (κ1) is 38.8. The van der Waals surface area contributed by atoms with Crippen molar-refractivity contribution in [2.75, 3.05) is 0 Å². The van der Waals surface area contributed by atoms with Crippen molar-refractivity contribution in [3.8, 4) is 73.2 Å². The normalized spacial score (nSPS) is 11.8. The van der Waals surface area contributed by atoms with Gasteiger partial charge in [-0.2, -0.15) is 0 Å². The van der Waals surface area contributed by atoms with Gasteiger partial charge in [-0.05, 0) is 76.3 Å². The minimum Gasteiger partial charge on any atom is -0.456 e. The van der Waals surface area contributed by atoms with Gasteiger partial charge in [0.1, 0.15) is 22.3 Å². The summed E-state index contributed by atoms with van der Waals surface area (Å²) in [6.45, 7) is 0. The van der Waals surface area contributed by atoms with E-state index in [9.17, 15) is 0 Å². The van der Waals surface area contributed by atoms with Crippen LogP contribution in [0.3, 0.4) is 0 Å². The lowest BCUT2D eigenvalue weighted by atomic mass is 9.98. The van der Waals surface area contributed by atoms with E-state index in [1.165, 1.54) is 21.9 Å². The average Bonchev–Trinajstić information content (AvgIpc) is 4.11. The van der Waals surface area contributed by atoms with Gasteiger partial charge in [0.25, 0.3) is 0 Å². The van der Waals surface area contributed by atoms with E-state index in [1.54, 1.807) is 0 Å². The van der Waals surface area contributed by atoms with Gasteiger partial charge in [-0.3, -0.25) is 0 Å². The van der Waals surface area contributed by atoms with Crippen molar-refractivity contribution in [2.24, 2.45) is 0 Å². The molecule has 4 heterocycles. The average molecular weight is 883 g/mol. The van der Waals surface area contributed by atoms with Gasteiger partial charge in [0.05, 0.1) is 22.1 Å². The van der Waals surface area contributed by atoms with Crippen LogP contribution in [0.1, 0.15) is 0 Å². The molecule has 10 aromatic carbocycles. The van der Waals surface area contributed by atoms with Crippen LogP contribution in [0.4, 0.5) is 0 Å². The Hall–Kier alpha value is -9.39. The highest BCUT2D eigenvalue weighted by atomic mass is 16.3. The lowest BCUT2D eigenvalue weighted by Crippen LogP contribution is -2.00. The Kier molecular flexibility index (Phi) is 8.79. The summed E-state index contributed by atoms with van der Waals surface area (Å²) in [6.07, 6.45) is 0. The van der Waals surface area contributed by atoms with Crippen LogP contribution in [0, 0.1) is 0 Å². The van der Waals surface area contributed by atoms with Crippen LogP contribution in [0.5, 0.6) is 0 Å². The number of furan rings is 2. The molecule has 0 aliphatic carbocycles. The second kappa shape index (κ2) is 15.6. The Balaban J connectivity index is 0.918. The second-order valence-corrected chi connectivity index (χ2v) is 17.5. The van der Waals surface area contributed by atoms with Gasteiger partial charge in [-0.1, -0.05) is 182 Å². The lowest BCUT2D eigenvalue weighted by Gasteiger charge is -2.10. The molecular weight excluding hydrogens is 845 g/mol. The Morgan fingerprint density at radius 1 is 0.290 bits per heavy atom. The number of hydrogen-bond acceptors (Lipinski definition) is 5. The molecule has 69 heavy (non-hydrogen) atoms. The molecule has 4 aromatic heterocycles. The Morgan fingerprint density at radius 3 is 1.58 bits per heavy atom. The largest absolute Gasteiger partial charge is 0.456 e. The van der Waals surface area contributed by atoms with Crippen molar-refractivity contribution in [3.63, 3.8) is 0 Å². The highest BCUT2D eigenvalue weighted by Crippen LogP contribution is 2.44. The SMILES string of the molecule is c1ccc(-c2ccc(-c3nc(-c4ccccc4)nc(-c4cccc5oc6c(-c7ccc8oc9cccc(-n%10c%11ccccc%11c%11cc(-c%12ccccc%12)ccc%11%10)c9c8c7)cccc6c45)n3)cc2)cc1. The summed E-state index contributed by atoms with van der Waals surface area (Å²) in [6, 6.07) is 80.3. The molecule has 6 heteroatoms. The molecule has 0 aliphatic rings. The molecule has 0 bridgehead atoms. The maximum Gasteiger partial charge on any atom is 0.164 e. The van der Waals surface area contributed by atoms with Crippen LogP contribution in [0.2, 0.25) is 0 Å². The smallest absolute Gasteiger partial charge is 0.164 e. The zero-order valence-corrected chi connectivity index (χ0v) is 37.0. The Morgan fingerprint density at radius 2 is 0.812 bits per heavy atom. The van der Waals surface area contributed by atoms with Crippen LogP contribution in [-0.4, -0.2) is 19.5 Å². The van der Waals surface area contributed by atoms with E-state index in [2.05, 4.69) is 187 Å². The fourth-order valence-electron chi connectivity index (χ4n) is 10.3. The standard InChI is InChI=1S/C63H38N4O2/c1-4-15-39(16-5-1)41-29-31-43(32-30-41)62-64-61(42-19-8-3-9-20-42)65-63(66-62)49-24-13-27-56-58(49)48-23-12-22-46(60(48)69-56)45-34-36-55-51(38-45)59-54(26-14-28-57(59)68-55)67-52-25-11-10-21-47(52)50-37-44(33-35-53(50)67)40-17-6-2-7-18-40/h1-38H. The number of para-hydroxylation sites is 2. The minimum absolute atomic E-state index is 0.574. The monoisotopic (exact) mass is 882 g/mol. The maximum atomic E-state index is 6.89. The van der Waals surface area contributed by atoms with Gasteiger partial charge >= 0.3 is 0 Å². The van der Waals surface area contributed by atoms with Gasteiger partial charge in [0.15, 0.2) is 17.5 Å². The van der Waals surface area contributed by atoms with Crippen LogP contribution >= 0.6 is 0 Å². The van der Waals surface area contributed by atoms with E-state index < -0.39 is 0 Å². The fraction of sp³-hybridized carbons (Fsp3) is 0. The topological polar surface area (TPSA) is 69.9 Å². The summed E-state index contributed by atoms with van der Waals surface area (Å²) < 4.78 is 15.9. The molecule has 0 saturated carbocycles. The summed E-state index contributed by atoms with van der Waals surface area (Å²) in [4.78, 5) is 15.4. The van der Waals surface area contributed by atoms with Crippen LogP contribution < -0.4 is 0 Å². The third-order valence-electron chi connectivity index (χ3n) is 13.5. The first-order valence-electron chi connectivity index (χ1n) is 23.2. The molecule has 322 valence electrons. The highest BCUT2D eigenvalue weighted by Gasteiger charge is 2.22. The Labute approximate surface area is 396 Å². The number of rotatable bonds is 7. The van der Waals surface area contributed by atoms with Gasteiger partial charge in [-0.25, -0.2) is 15.0 Å². The summed E-state index contributed by atoms with van der Waals surface area (Å²) in [5.74, 6) is 1.78. The molecule has 0 unspecified atom stereocenters. The molecule has 0 aliphatic heterocycles. The van der Waals surface area contributed by atoms with Gasteiger partial charge < -0.3 is 13.4 Å². The third kappa shape index (κ3) is 6.38. The molecule has 14 rings (SSSR count). The van der Waals surface area contributed by atoms with Crippen LogP contribution in [0.25, 0.3) is 139 Å². The summed E-state index contributed by atoms with van der Waals surface area (Å²) >= 11 is 0. The summed E-state index contributed by atoms with van der Waals surface area (Å²) in [5, 5.41) is 6.42. The zero-order valence-electron chi connectivity index (χ0n) is 37.0. The predicted octanol–water partition coefficient (Wildman–Crippen LogP) is 16.8. The Bertz CT molecular complexity index is 4290. The first-order chi connectivity index (χ1) is 34.2. The van der Waals surface area contributed by atoms with Crippen molar-refractivity contribution in [2.45, 2.75) is 0 Å². The van der Waals surface area contributed by atoms with E-state index >= 15 is 0 Å². The molecule has 6 nitrogen and oxygen atoms in total. The van der Waals surface area contributed by atoms with E-state index in [0.29, 0.717) is 17.5 Å². The number of fused-ring (bicyclic) bond motifs is 9. The van der Waals surface area contributed by atoms with Crippen LogP contribution in [0.15, 0.2) is 239 Å². The maximum absolute atomic E-state index is 6.89. The number of aromatic nitrogens is 4. The number of nitrogens with zero attached hydrogens (tertiary/aromatic N) is 4. The third-order valence-corrected chi connectivity index (χ3v) is 13.5. The number of benzene rings is 10. The van der Waals surface area contributed by atoms with Crippen molar-refractivity contribution in [1.29, 1.82) is 0 Å². The first-order valence-corrected chi connectivity index (χ1v) is 23.2. The fourth-order valence-corrected chi connectivity index (χ4v) is 10.3. The molecule has 0 saturated heterocycles. The predicted molar refractivity (Wildman–Crippen MR) is 281 cm³/mol. The molecule has 0 spiro atoms. The van der Waals surface area contributed by atoms with E-state index in [0.717, 1.165) is 99.5 Å². The highest BCUT2D eigenvalue weighted by molar-refractivity contribution is 6.18. The molecule has 0 atom stereocenters. The summed E-state index contributed by atoms with van der Waals surface area (Å²) in [5.41, 5.74) is 15.9. The zero-order chi connectivity index (χ0) is 45.4. The van der Waals surface area contributed by atoms with E-state index in [-0.39, 0.29) is 0 Å². The van der Waals surface area contributed by atoms with Crippen molar-refractivity contribution in [3.05, 3.63) is 231 Å². The minimum atomic E-state index is 0.574. The van der Waals surface area contributed by atoms with Gasteiger partial charge in [-0.15, -0.1) is 0 Å². The molecule has 14 aromatic rings. The molecule has 0 N–H and O–H groups in total. The van der Waals surface area contributed by atoms with E-state index in [1.807, 2.05) is 48.5 Å². The van der Waals surface area contributed by atoms with Crippen molar-refractivity contribution in [1.82, 2.24) is 19.5 Å². The molecule has 0 fully saturated rings. The van der Waals surface area contributed by atoms with E-state index in [4.69, 9.17) is 23.8 Å².